The van der Waals surface area contributed by atoms with E-state index in [1.54, 1.807) is 43.5 Å². The molecule has 0 bridgehead atoms. The molecule has 8 nitrogen and oxygen atoms in total. The lowest BCUT2D eigenvalue weighted by Gasteiger charge is -2.06. The average molecular weight is 377 g/mol. The van der Waals surface area contributed by atoms with Gasteiger partial charge in [-0.15, -0.1) is 11.3 Å². The fourth-order valence-corrected chi connectivity index (χ4v) is 2.67. The maximum atomic E-state index is 12.2. The number of thiazole rings is 1. The van der Waals surface area contributed by atoms with Gasteiger partial charge in [-0.25, -0.2) is 9.78 Å². The average Bonchev–Trinajstić information content (AvgIpc) is 3.02. The number of carbonyl (C=O) groups excluding carboxylic acids is 3. The van der Waals surface area contributed by atoms with Crippen LogP contribution < -0.4 is 10.6 Å². The number of rotatable bonds is 7. The SMILES string of the molecule is CCOC(=O)Cc1csc(NC(=O)c2ccc(NC(=O)OCC)cc2)n1. The van der Waals surface area contributed by atoms with Gasteiger partial charge in [-0.3, -0.25) is 20.2 Å². The van der Waals surface area contributed by atoms with Crippen molar-refractivity contribution in [3.8, 4) is 0 Å². The third-order valence-electron chi connectivity index (χ3n) is 3.07. The van der Waals surface area contributed by atoms with Gasteiger partial charge in [-0.05, 0) is 38.1 Å². The first-order valence-electron chi connectivity index (χ1n) is 7.97. The van der Waals surface area contributed by atoms with Crippen LogP contribution >= 0.6 is 11.3 Å². The Kier molecular flexibility index (Phi) is 7.10. The standard InChI is InChI=1S/C17H19N3O5S/c1-3-24-14(21)9-13-10-26-16(18-13)20-15(22)11-5-7-12(8-6-11)19-17(23)25-4-2/h5-8,10H,3-4,9H2,1-2H3,(H,19,23)(H,18,20,22). The molecule has 1 aromatic carbocycles. The zero-order chi connectivity index (χ0) is 18.9. The first-order chi connectivity index (χ1) is 12.5. The Bertz CT molecular complexity index is 773. The first kappa shape index (κ1) is 19.4. The molecular weight excluding hydrogens is 358 g/mol. The second kappa shape index (κ2) is 9.52. The Morgan fingerprint density at radius 2 is 1.73 bits per heavy atom. The number of benzene rings is 1. The van der Waals surface area contributed by atoms with Crippen LogP contribution in [-0.2, 0) is 20.7 Å². The monoisotopic (exact) mass is 377 g/mol. The molecule has 0 fully saturated rings. The highest BCUT2D eigenvalue weighted by Crippen LogP contribution is 2.18. The Morgan fingerprint density at radius 1 is 1.04 bits per heavy atom. The largest absolute Gasteiger partial charge is 0.466 e. The van der Waals surface area contributed by atoms with Gasteiger partial charge in [0.1, 0.15) is 0 Å². The summed E-state index contributed by atoms with van der Waals surface area (Å²) in [6, 6.07) is 6.34. The number of hydrogen-bond acceptors (Lipinski definition) is 7. The van der Waals surface area contributed by atoms with Crippen molar-refractivity contribution < 1.29 is 23.9 Å². The van der Waals surface area contributed by atoms with Crippen molar-refractivity contribution in [2.75, 3.05) is 23.8 Å². The summed E-state index contributed by atoms with van der Waals surface area (Å²) in [6.45, 7) is 4.04. The Hall–Kier alpha value is -2.94. The van der Waals surface area contributed by atoms with Gasteiger partial charge in [0.25, 0.3) is 5.91 Å². The molecule has 2 rings (SSSR count). The highest BCUT2D eigenvalue weighted by molar-refractivity contribution is 7.14. The minimum absolute atomic E-state index is 0.0639. The van der Waals surface area contributed by atoms with E-state index in [1.807, 2.05) is 0 Å². The maximum absolute atomic E-state index is 12.2. The lowest BCUT2D eigenvalue weighted by atomic mass is 10.2. The molecule has 26 heavy (non-hydrogen) atoms. The van der Waals surface area contributed by atoms with Crippen LogP contribution in [0.3, 0.4) is 0 Å². The first-order valence-corrected chi connectivity index (χ1v) is 8.85. The van der Waals surface area contributed by atoms with E-state index < -0.39 is 6.09 Å². The lowest BCUT2D eigenvalue weighted by Crippen LogP contribution is -2.14. The summed E-state index contributed by atoms with van der Waals surface area (Å²) < 4.78 is 9.64. The number of hydrogen-bond donors (Lipinski definition) is 2. The third kappa shape index (κ3) is 5.85. The highest BCUT2D eigenvalue weighted by Gasteiger charge is 2.12. The van der Waals surface area contributed by atoms with Gasteiger partial charge in [-0.1, -0.05) is 0 Å². The molecule has 0 atom stereocenters. The van der Waals surface area contributed by atoms with E-state index >= 15 is 0 Å². The van der Waals surface area contributed by atoms with Gasteiger partial charge in [0.2, 0.25) is 0 Å². The minimum atomic E-state index is -0.554. The van der Waals surface area contributed by atoms with Crippen molar-refractivity contribution >= 4 is 40.1 Å². The molecule has 1 aromatic heterocycles. The summed E-state index contributed by atoms with van der Waals surface area (Å²) in [7, 11) is 0. The Balaban J connectivity index is 1.92. The molecular formula is C17H19N3O5S. The van der Waals surface area contributed by atoms with Crippen LogP contribution in [0.1, 0.15) is 29.9 Å². The van der Waals surface area contributed by atoms with Crippen LogP contribution in [0.25, 0.3) is 0 Å². The normalized spacial score (nSPS) is 10.1. The molecule has 0 unspecified atom stereocenters. The molecule has 138 valence electrons. The van der Waals surface area contributed by atoms with Gasteiger partial charge in [0.15, 0.2) is 5.13 Å². The van der Waals surface area contributed by atoms with E-state index in [1.165, 1.54) is 11.3 Å². The molecule has 0 aliphatic heterocycles. The van der Waals surface area contributed by atoms with Crippen LogP contribution in [0.15, 0.2) is 29.6 Å². The van der Waals surface area contributed by atoms with E-state index in [0.717, 1.165) is 0 Å². The number of ether oxygens (including phenoxy) is 2. The highest BCUT2D eigenvalue weighted by atomic mass is 32.1. The molecule has 0 saturated carbocycles. The quantitative estimate of drug-likeness (QED) is 0.718. The van der Waals surface area contributed by atoms with Crippen molar-refractivity contribution in [1.82, 2.24) is 4.98 Å². The molecule has 0 saturated heterocycles. The van der Waals surface area contributed by atoms with Crippen LogP contribution in [0, 0.1) is 0 Å². The molecule has 2 amide bonds. The summed E-state index contributed by atoms with van der Waals surface area (Å²) >= 11 is 1.23. The van der Waals surface area contributed by atoms with Crippen molar-refractivity contribution in [3.05, 3.63) is 40.9 Å². The fourth-order valence-electron chi connectivity index (χ4n) is 1.96. The second-order valence-corrected chi connectivity index (χ2v) is 5.86. The van der Waals surface area contributed by atoms with Gasteiger partial charge in [0, 0.05) is 16.6 Å². The smallest absolute Gasteiger partial charge is 0.411 e. The summed E-state index contributed by atoms with van der Waals surface area (Å²) in [4.78, 5) is 39.2. The number of carbonyl (C=O) groups is 3. The van der Waals surface area contributed by atoms with Crippen molar-refractivity contribution in [1.29, 1.82) is 0 Å². The molecule has 0 spiro atoms. The molecule has 0 aliphatic rings. The minimum Gasteiger partial charge on any atom is -0.466 e. The summed E-state index contributed by atoms with van der Waals surface area (Å²) in [6.07, 6.45) is -0.490. The van der Waals surface area contributed by atoms with Crippen molar-refractivity contribution in [3.63, 3.8) is 0 Å². The summed E-state index contributed by atoms with van der Waals surface area (Å²) in [5.74, 6) is -0.704. The molecule has 9 heteroatoms. The van der Waals surface area contributed by atoms with E-state index in [-0.39, 0.29) is 24.9 Å². The number of anilines is 2. The number of aromatic nitrogens is 1. The zero-order valence-electron chi connectivity index (χ0n) is 14.4. The molecule has 2 aromatic rings. The number of esters is 1. The second-order valence-electron chi connectivity index (χ2n) is 5.00. The lowest BCUT2D eigenvalue weighted by molar-refractivity contribution is -0.142. The van der Waals surface area contributed by atoms with Crippen LogP contribution in [-0.4, -0.2) is 36.2 Å². The van der Waals surface area contributed by atoms with E-state index in [4.69, 9.17) is 9.47 Å². The summed E-state index contributed by atoms with van der Waals surface area (Å²) in [5, 5.41) is 7.30. The zero-order valence-corrected chi connectivity index (χ0v) is 15.2. The van der Waals surface area contributed by atoms with Gasteiger partial charge < -0.3 is 9.47 Å². The van der Waals surface area contributed by atoms with Crippen molar-refractivity contribution in [2.45, 2.75) is 20.3 Å². The number of nitrogens with one attached hydrogen (secondary N) is 2. The molecule has 1 heterocycles. The number of nitrogens with zero attached hydrogens (tertiary/aromatic N) is 1. The van der Waals surface area contributed by atoms with E-state index in [0.29, 0.717) is 28.7 Å². The molecule has 0 radical (unpaired) electrons. The molecule has 2 N–H and O–H groups in total. The van der Waals surface area contributed by atoms with Crippen molar-refractivity contribution in [2.24, 2.45) is 0 Å². The predicted octanol–water partition coefficient (Wildman–Crippen LogP) is 3.07. The summed E-state index contributed by atoms with van der Waals surface area (Å²) in [5.41, 5.74) is 1.46. The van der Waals surface area contributed by atoms with Crippen LogP contribution in [0.4, 0.5) is 15.6 Å². The predicted molar refractivity (Wildman–Crippen MR) is 97.5 cm³/mol. The van der Waals surface area contributed by atoms with E-state index in [2.05, 4.69) is 15.6 Å². The Morgan fingerprint density at radius 3 is 2.38 bits per heavy atom. The van der Waals surface area contributed by atoms with Gasteiger partial charge >= 0.3 is 12.1 Å². The maximum Gasteiger partial charge on any atom is 0.411 e. The number of amides is 2. The third-order valence-corrected chi connectivity index (χ3v) is 3.88. The van der Waals surface area contributed by atoms with E-state index in [9.17, 15) is 14.4 Å². The van der Waals surface area contributed by atoms with Crippen LogP contribution in [0.5, 0.6) is 0 Å². The van der Waals surface area contributed by atoms with Crippen LogP contribution in [0.2, 0.25) is 0 Å². The Labute approximate surface area is 154 Å². The van der Waals surface area contributed by atoms with Gasteiger partial charge in [0.05, 0.1) is 25.3 Å². The topological polar surface area (TPSA) is 107 Å². The van der Waals surface area contributed by atoms with Gasteiger partial charge in [-0.2, -0.15) is 0 Å². The molecule has 0 aliphatic carbocycles. The fraction of sp³-hybridized carbons (Fsp3) is 0.294.